The second-order valence-corrected chi connectivity index (χ2v) is 15.6. The first-order valence-corrected chi connectivity index (χ1v) is 20.7. The lowest BCUT2D eigenvalue weighted by Crippen LogP contribution is -1.92. The van der Waals surface area contributed by atoms with Crippen molar-refractivity contribution in [2.24, 2.45) is 0 Å². The van der Waals surface area contributed by atoms with E-state index in [0.717, 1.165) is 0 Å². The highest BCUT2D eigenvalue weighted by Crippen LogP contribution is 2.46. The Hall–Kier alpha value is -7.80. The summed E-state index contributed by atoms with van der Waals surface area (Å²) >= 11 is 0. The highest BCUT2D eigenvalue weighted by molar-refractivity contribution is 6.21. The van der Waals surface area contributed by atoms with Gasteiger partial charge in [0.25, 0.3) is 0 Å². The van der Waals surface area contributed by atoms with E-state index < -0.39 is 0 Å². The van der Waals surface area contributed by atoms with Crippen LogP contribution in [0.4, 0.5) is 0 Å². The second-order valence-electron chi connectivity index (χ2n) is 15.6. The fourth-order valence-corrected chi connectivity index (χ4v) is 9.18. The van der Waals surface area contributed by atoms with Crippen molar-refractivity contribution in [1.29, 1.82) is 0 Å². The topological polar surface area (TPSA) is 0 Å². The number of hydrogen-bond donors (Lipinski definition) is 0. The molecule has 0 aliphatic heterocycles. The van der Waals surface area contributed by atoms with Crippen molar-refractivity contribution in [3.63, 3.8) is 0 Å². The van der Waals surface area contributed by atoms with E-state index in [1.165, 1.54) is 110 Å². The van der Waals surface area contributed by atoms with Crippen LogP contribution in [-0.2, 0) is 0 Å². The van der Waals surface area contributed by atoms with E-state index in [4.69, 9.17) is 0 Å². The third-order valence-electron chi connectivity index (χ3n) is 12.1. The summed E-state index contributed by atoms with van der Waals surface area (Å²) in [5, 5.41) is 7.56. The van der Waals surface area contributed by atoms with Gasteiger partial charge in [-0.3, -0.25) is 0 Å². The maximum atomic E-state index is 2.42. The molecule has 0 heteroatoms. The average Bonchev–Trinajstić information content (AvgIpc) is 3.33. The Morgan fingerprint density at radius 3 is 1.05 bits per heavy atom. The molecule has 11 rings (SSSR count). The van der Waals surface area contributed by atoms with Gasteiger partial charge >= 0.3 is 0 Å². The molecule has 0 saturated heterocycles. The van der Waals surface area contributed by atoms with Gasteiger partial charge in [0.2, 0.25) is 0 Å². The van der Waals surface area contributed by atoms with Crippen molar-refractivity contribution in [1.82, 2.24) is 0 Å². The Morgan fingerprint density at radius 2 is 0.517 bits per heavy atom. The van der Waals surface area contributed by atoms with Gasteiger partial charge in [0.05, 0.1) is 0 Å². The van der Waals surface area contributed by atoms with Crippen molar-refractivity contribution >= 4 is 32.3 Å². The molecule has 0 radical (unpaired) electrons. The summed E-state index contributed by atoms with van der Waals surface area (Å²) < 4.78 is 0. The first-order valence-electron chi connectivity index (χ1n) is 20.7. The third kappa shape index (κ3) is 6.36. The largest absolute Gasteiger partial charge is 0.0622 e. The van der Waals surface area contributed by atoms with E-state index in [2.05, 4.69) is 243 Å². The molecule has 0 amide bonds. The van der Waals surface area contributed by atoms with Gasteiger partial charge in [-0.25, -0.2) is 0 Å². The lowest BCUT2D eigenvalue weighted by Gasteiger charge is -2.19. The molecule has 11 aromatic rings. The minimum Gasteiger partial charge on any atom is -0.0622 e. The Balaban J connectivity index is 1.04. The van der Waals surface area contributed by atoms with Gasteiger partial charge in [0.1, 0.15) is 0 Å². The van der Waals surface area contributed by atoms with Crippen molar-refractivity contribution in [2.75, 3.05) is 0 Å². The number of rotatable bonds is 7. The maximum Gasteiger partial charge on any atom is -0.00261 e. The molecule has 0 nitrogen and oxygen atoms in total. The molecule has 0 bridgehead atoms. The van der Waals surface area contributed by atoms with Crippen LogP contribution in [0.3, 0.4) is 0 Å². The zero-order valence-corrected chi connectivity index (χ0v) is 33.1. The smallest absolute Gasteiger partial charge is 0.00261 e. The van der Waals surface area contributed by atoms with E-state index in [0.29, 0.717) is 0 Å². The number of benzene rings is 11. The summed E-state index contributed by atoms with van der Waals surface area (Å²) in [6, 6.07) is 88.7. The molecule has 0 N–H and O–H groups in total. The van der Waals surface area contributed by atoms with Gasteiger partial charge in [-0.2, -0.15) is 0 Å². The molecule has 280 valence electrons. The molecule has 0 saturated carbocycles. The summed E-state index contributed by atoms with van der Waals surface area (Å²) in [4.78, 5) is 0. The molecule has 0 aliphatic rings. The fourth-order valence-electron chi connectivity index (χ4n) is 9.18. The van der Waals surface area contributed by atoms with Crippen LogP contribution >= 0.6 is 0 Å². The van der Waals surface area contributed by atoms with E-state index >= 15 is 0 Å². The normalized spacial score (nSPS) is 11.3. The molecule has 0 aromatic heterocycles. The van der Waals surface area contributed by atoms with Gasteiger partial charge in [-0.15, -0.1) is 0 Å². The van der Waals surface area contributed by atoms with Crippen LogP contribution < -0.4 is 0 Å². The SMILES string of the molecule is c1ccc(-c2ccc(-c3ccc(-c4c5ccccc5c(-c5ccccc5)c5ccccc45)cc3-c3ccc(-c4ccc(-c5cccc6ccccc56)cc4)cc3)cc2)cc1. The quantitative estimate of drug-likeness (QED) is 0.142. The summed E-state index contributed by atoms with van der Waals surface area (Å²) in [6.45, 7) is 0. The van der Waals surface area contributed by atoms with E-state index in [1.807, 2.05) is 0 Å². The van der Waals surface area contributed by atoms with Crippen LogP contribution in [-0.4, -0.2) is 0 Å². The molecule has 0 unspecified atom stereocenters. The third-order valence-corrected chi connectivity index (χ3v) is 12.1. The molecule has 0 aliphatic carbocycles. The summed E-state index contributed by atoms with van der Waals surface area (Å²) in [7, 11) is 0. The monoisotopic (exact) mass is 760 g/mol. The minimum atomic E-state index is 1.18. The first-order chi connectivity index (χ1) is 29.8. The molecular weight excluding hydrogens is 721 g/mol. The average molecular weight is 761 g/mol. The predicted octanol–water partition coefficient (Wildman–Crippen LogP) is 16.8. The van der Waals surface area contributed by atoms with E-state index in [9.17, 15) is 0 Å². The predicted molar refractivity (Wildman–Crippen MR) is 257 cm³/mol. The van der Waals surface area contributed by atoms with Gasteiger partial charge in [0.15, 0.2) is 0 Å². The first kappa shape index (κ1) is 35.4. The molecule has 60 heavy (non-hydrogen) atoms. The van der Waals surface area contributed by atoms with Crippen molar-refractivity contribution < 1.29 is 0 Å². The van der Waals surface area contributed by atoms with Gasteiger partial charge in [-0.1, -0.05) is 237 Å². The van der Waals surface area contributed by atoms with Crippen LogP contribution in [0, 0.1) is 0 Å². The second kappa shape index (κ2) is 15.2. The summed E-state index contributed by atoms with van der Waals surface area (Å²) in [5.74, 6) is 0. The lowest BCUT2D eigenvalue weighted by molar-refractivity contribution is 1.56. The Morgan fingerprint density at radius 1 is 0.167 bits per heavy atom. The van der Waals surface area contributed by atoms with Crippen LogP contribution in [0.25, 0.3) is 110 Å². The van der Waals surface area contributed by atoms with Gasteiger partial charge < -0.3 is 0 Å². The van der Waals surface area contributed by atoms with Crippen molar-refractivity contribution in [3.8, 4) is 77.9 Å². The van der Waals surface area contributed by atoms with E-state index in [-0.39, 0.29) is 0 Å². The number of fused-ring (bicyclic) bond motifs is 3. The summed E-state index contributed by atoms with van der Waals surface area (Å²) in [6.07, 6.45) is 0. The minimum absolute atomic E-state index is 1.18. The molecule has 0 fully saturated rings. The Bertz CT molecular complexity index is 3240. The zero-order valence-electron chi connectivity index (χ0n) is 33.1. The standard InChI is InChI=1S/C60H40/c1-3-14-41(15-4-1)42-26-34-47(35-27-42)53-39-38-50(60-56-23-11-9-21-54(56)59(49-17-5-2-6-18-49)55-22-10-12-24-57(55)60)40-58(53)48-36-30-44(31-37-48)43-28-32-46(33-29-43)52-25-13-19-45-16-7-8-20-51(45)52/h1-40H. The van der Waals surface area contributed by atoms with E-state index in [1.54, 1.807) is 0 Å². The Labute approximate surface area is 351 Å². The highest BCUT2D eigenvalue weighted by Gasteiger charge is 2.18. The fraction of sp³-hybridized carbons (Fsp3) is 0. The van der Waals surface area contributed by atoms with Crippen LogP contribution in [0.1, 0.15) is 0 Å². The lowest BCUT2D eigenvalue weighted by atomic mass is 9.84. The van der Waals surface area contributed by atoms with Gasteiger partial charge in [0, 0.05) is 0 Å². The molecule has 0 spiro atoms. The Kier molecular flexibility index (Phi) is 8.95. The molecular formula is C60H40. The summed E-state index contributed by atoms with van der Waals surface area (Å²) in [5.41, 5.74) is 17.1. The number of hydrogen-bond acceptors (Lipinski definition) is 0. The highest BCUT2D eigenvalue weighted by atomic mass is 14.2. The van der Waals surface area contributed by atoms with Crippen molar-refractivity contribution in [2.45, 2.75) is 0 Å². The van der Waals surface area contributed by atoms with Crippen LogP contribution in [0.15, 0.2) is 243 Å². The molecule has 11 aromatic carbocycles. The van der Waals surface area contributed by atoms with Crippen LogP contribution in [0.2, 0.25) is 0 Å². The maximum absolute atomic E-state index is 2.42. The van der Waals surface area contributed by atoms with Crippen LogP contribution in [0.5, 0.6) is 0 Å². The molecule has 0 heterocycles. The molecule has 0 atom stereocenters. The zero-order chi connectivity index (χ0) is 39.8. The van der Waals surface area contributed by atoms with Crippen molar-refractivity contribution in [3.05, 3.63) is 243 Å². The van der Waals surface area contributed by atoms with Gasteiger partial charge in [-0.05, 0) is 116 Å².